The molecule has 2 heterocycles. The Morgan fingerprint density at radius 1 is 1.17 bits per heavy atom. The Hall–Kier alpha value is -2.41. The predicted octanol–water partition coefficient (Wildman–Crippen LogP) is 5.28. The lowest BCUT2D eigenvalue weighted by Crippen LogP contribution is -2.08. The molecule has 3 aromatic rings. The van der Waals surface area contributed by atoms with Gasteiger partial charge in [0.2, 0.25) is 0 Å². The minimum atomic E-state index is -4.37. The molecule has 118 valence electrons. The molecular formula is C16H12F3N3S. The third kappa shape index (κ3) is 3.50. The van der Waals surface area contributed by atoms with Gasteiger partial charge in [-0.3, -0.25) is 4.98 Å². The lowest BCUT2D eigenvalue weighted by atomic mass is 10.1. The van der Waals surface area contributed by atoms with Crippen molar-refractivity contribution < 1.29 is 13.2 Å². The molecule has 0 amide bonds. The highest BCUT2D eigenvalue weighted by atomic mass is 32.1. The molecule has 0 aliphatic rings. The number of halogens is 3. The number of pyridine rings is 1. The summed E-state index contributed by atoms with van der Waals surface area (Å²) < 4.78 is 38.8. The summed E-state index contributed by atoms with van der Waals surface area (Å²) in [6, 6.07) is 7.83. The average molecular weight is 335 g/mol. The Kier molecular flexibility index (Phi) is 4.04. The van der Waals surface area contributed by atoms with Crippen LogP contribution in [0, 0.1) is 6.92 Å². The van der Waals surface area contributed by atoms with E-state index in [9.17, 15) is 13.2 Å². The van der Waals surface area contributed by atoms with Gasteiger partial charge in [-0.25, -0.2) is 4.98 Å². The van der Waals surface area contributed by atoms with Gasteiger partial charge in [0, 0.05) is 29.0 Å². The van der Waals surface area contributed by atoms with Crippen LogP contribution in [0.2, 0.25) is 0 Å². The van der Waals surface area contributed by atoms with E-state index in [1.54, 1.807) is 24.5 Å². The first-order chi connectivity index (χ1) is 10.9. The fraction of sp³-hybridized carbons (Fsp3) is 0.125. The molecule has 1 aromatic carbocycles. The van der Waals surface area contributed by atoms with Gasteiger partial charge in [-0.2, -0.15) is 13.2 Å². The molecule has 3 nitrogen and oxygen atoms in total. The van der Waals surface area contributed by atoms with E-state index in [0.717, 1.165) is 17.3 Å². The lowest BCUT2D eigenvalue weighted by molar-refractivity contribution is -0.138. The van der Waals surface area contributed by atoms with E-state index in [1.807, 2.05) is 11.4 Å². The van der Waals surface area contributed by atoms with Crippen LogP contribution in [0.1, 0.15) is 11.1 Å². The van der Waals surface area contributed by atoms with Crippen molar-refractivity contribution in [3.05, 3.63) is 59.2 Å². The standard InChI is InChI=1S/C16H12F3N3S/c1-10-4-5-12(7-13(10)16(17,18)19)21-15-22-14(9-23-15)11-3-2-6-20-8-11/h2-9H,1H3,(H,21,22). The van der Waals surface area contributed by atoms with Gasteiger partial charge < -0.3 is 5.32 Å². The molecular weight excluding hydrogens is 323 g/mol. The van der Waals surface area contributed by atoms with Crippen molar-refractivity contribution in [3.63, 3.8) is 0 Å². The van der Waals surface area contributed by atoms with Gasteiger partial charge in [-0.1, -0.05) is 6.07 Å². The zero-order valence-corrected chi connectivity index (χ0v) is 12.9. The third-order valence-electron chi connectivity index (χ3n) is 3.26. The van der Waals surface area contributed by atoms with Crippen LogP contribution in [0.15, 0.2) is 48.1 Å². The molecule has 0 unspecified atom stereocenters. The van der Waals surface area contributed by atoms with Gasteiger partial charge in [0.25, 0.3) is 0 Å². The Bertz CT molecular complexity index is 813. The molecule has 23 heavy (non-hydrogen) atoms. The van der Waals surface area contributed by atoms with Crippen LogP contribution in [0.5, 0.6) is 0 Å². The fourth-order valence-corrected chi connectivity index (χ4v) is 2.85. The van der Waals surface area contributed by atoms with Crippen LogP contribution in [0.25, 0.3) is 11.3 Å². The van der Waals surface area contributed by atoms with Crippen LogP contribution in [0.3, 0.4) is 0 Å². The molecule has 0 atom stereocenters. The maximum atomic E-state index is 12.9. The fourth-order valence-electron chi connectivity index (χ4n) is 2.11. The first-order valence-corrected chi connectivity index (χ1v) is 7.62. The van der Waals surface area contributed by atoms with Crippen molar-refractivity contribution in [1.82, 2.24) is 9.97 Å². The van der Waals surface area contributed by atoms with E-state index >= 15 is 0 Å². The Balaban J connectivity index is 1.85. The summed E-state index contributed by atoms with van der Waals surface area (Å²) in [7, 11) is 0. The number of nitrogens with one attached hydrogen (secondary N) is 1. The SMILES string of the molecule is Cc1ccc(Nc2nc(-c3cccnc3)cs2)cc1C(F)(F)F. The molecule has 0 saturated carbocycles. The van der Waals surface area contributed by atoms with Crippen molar-refractivity contribution in [1.29, 1.82) is 0 Å². The molecule has 0 aliphatic carbocycles. The number of nitrogens with zero attached hydrogens (tertiary/aromatic N) is 2. The first-order valence-electron chi connectivity index (χ1n) is 6.74. The quantitative estimate of drug-likeness (QED) is 0.708. The van der Waals surface area contributed by atoms with Gasteiger partial charge >= 0.3 is 6.18 Å². The van der Waals surface area contributed by atoms with Gasteiger partial charge in [-0.15, -0.1) is 11.3 Å². The summed E-state index contributed by atoms with van der Waals surface area (Å²) in [6.07, 6.45) is -1.02. The number of aromatic nitrogens is 2. The molecule has 0 saturated heterocycles. The predicted molar refractivity (Wildman–Crippen MR) is 84.8 cm³/mol. The molecule has 0 bridgehead atoms. The normalized spacial score (nSPS) is 11.5. The third-order valence-corrected chi connectivity index (χ3v) is 4.01. The van der Waals surface area contributed by atoms with Gasteiger partial charge in [0.1, 0.15) is 0 Å². The van der Waals surface area contributed by atoms with Crippen LogP contribution in [-0.4, -0.2) is 9.97 Å². The molecule has 0 spiro atoms. The van der Waals surface area contributed by atoms with E-state index in [-0.39, 0.29) is 5.56 Å². The topological polar surface area (TPSA) is 37.8 Å². The number of rotatable bonds is 3. The largest absolute Gasteiger partial charge is 0.416 e. The Morgan fingerprint density at radius 3 is 2.70 bits per heavy atom. The molecule has 2 aromatic heterocycles. The maximum Gasteiger partial charge on any atom is 0.416 e. The lowest BCUT2D eigenvalue weighted by Gasteiger charge is -2.12. The zero-order valence-electron chi connectivity index (χ0n) is 12.1. The number of benzene rings is 1. The highest BCUT2D eigenvalue weighted by molar-refractivity contribution is 7.14. The smallest absolute Gasteiger partial charge is 0.332 e. The maximum absolute atomic E-state index is 12.9. The molecule has 7 heteroatoms. The van der Waals surface area contributed by atoms with E-state index in [4.69, 9.17) is 0 Å². The number of anilines is 2. The second-order valence-corrected chi connectivity index (χ2v) is 5.79. The summed E-state index contributed by atoms with van der Waals surface area (Å²) in [5.41, 5.74) is 1.49. The van der Waals surface area contributed by atoms with Crippen LogP contribution >= 0.6 is 11.3 Å². The number of alkyl halides is 3. The Morgan fingerprint density at radius 2 is 2.00 bits per heavy atom. The first kappa shape index (κ1) is 15.5. The van der Waals surface area contributed by atoms with E-state index < -0.39 is 11.7 Å². The van der Waals surface area contributed by atoms with Crippen LogP contribution in [0.4, 0.5) is 24.0 Å². The van der Waals surface area contributed by atoms with E-state index in [1.165, 1.54) is 24.3 Å². The van der Waals surface area contributed by atoms with Gasteiger partial charge in [0.15, 0.2) is 5.13 Å². The summed E-state index contributed by atoms with van der Waals surface area (Å²) in [5, 5.41) is 5.28. The summed E-state index contributed by atoms with van der Waals surface area (Å²) >= 11 is 1.33. The van der Waals surface area contributed by atoms with Crippen LogP contribution in [-0.2, 0) is 6.18 Å². The minimum Gasteiger partial charge on any atom is -0.332 e. The van der Waals surface area contributed by atoms with Gasteiger partial charge in [-0.05, 0) is 36.8 Å². The summed E-state index contributed by atoms with van der Waals surface area (Å²) in [4.78, 5) is 8.40. The van der Waals surface area contributed by atoms with Crippen LogP contribution < -0.4 is 5.32 Å². The summed E-state index contributed by atoms with van der Waals surface area (Å²) in [5.74, 6) is 0. The van der Waals surface area contributed by atoms with Gasteiger partial charge in [0.05, 0.1) is 11.3 Å². The minimum absolute atomic E-state index is 0.193. The monoisotopic (exact) mass is 335 g/mol. The van der Waals surface area contributed by atoms with Crippen molar-refractivity contribution >= 4 is 22.2 Å². The van der Waals surface area contributed by atoms with Crippen molar-refractivity contribution in [2.75, 3.05) is 5.32 Å². The number of aryl methyl sites for hydroxylation is 1. The molecule has 1 N–H and O–H groups in total. The number of hydrogen-bond acceptors (Lipinski definition) is 4. The highest BCUT2D eigenvalue weighted by Crippen LogP contribution is 2.34. The molecule has 0 fully saturated rings. The highest BCUT2D eigenvalue weighted by Gasteiger charge is 2.32. The van der Waals surface area contributed by atoms with E-state index in [0.29, 0.717) is 10.8 Å². The second-order valence-electron chi connectivity index (χ2n) is 4.93. The molecule has 0 aliphatic heterocycles. The van der Waals surface area contributed by atoms with E-state index in [2.05, 4.69) is 15.3 Å². The zero-order chi connectivity index (χ0) is 16.4. The molecule has 0 radical (unpaired) electrons. The van der Waals surface area contributed by atoms with Crippen molar-refractivity contribution in [2.24, 2.45) is 0 Å². The van der Waals surface area contributed by atoms with Crippen molar-refractivity contribution in [3.8, 4) is 11.3 Å². The Labute approximate surface area is 134 Å². The van der Waals surface area contributed by atoms with Crippen molar-refractivity contribution in [2.45, 2.75) is 13.1 Å². The second kappa shape index (κ2) is 6.00. The number of thiazole rings is 1. The summed E-state index contributed by atoms with van der Waals surface area (Å²) in [6.45, 7) is 1.44. The average Bonchev–Trinajstić information content (AvgIpc) is 2.97. The molecule has 3 rings (SSSR count). The number of hydrogen-bond donors (Lipinski definition) is 1.